The predicted octanol–water partition coefficient (Wildman–Crippen LogP) is 3.70. The zero-order valence-electron chi connectivity index (χ0n) is 17.4. The van der Waals surface area contributed by atoms with Crippen molar-refractivity contribution < 1.29 is 9.90 Å². The van der Waals surface area contributed by atoms with Gasteiger partial charge in [0.1, 0.15) is 5.75 Å². The van der Waals surface area contributed by atoms with Crippen molar-refractivity contribution >= 4 is 22.4 Å². The highest BCUT2D eigenvalue weighted by molar-refractivity contribution is 6.02. The molecule has 0 fully saturated rings. The van der Waals surface area contributed by atoms with E-state index in [2.05, 4.69) is 36.7 Å². The zero-order chi connectivity index (χ0) is 20.0. The summed E-state index contributed by atoms with van der Waals surface area (Å²) in [5, 5.41) is 11.5. The number of hydrogen-bond donors (Lipinski definition) is 2. The molecule has 0 radical (unpaired) electrons. The summed E-state index contributed by atoms with van der Waals surface area (Å²) >= 11 is 0. The number of amides is 1. The van der Waals surface area contributed by atoms with Crippen LogP contribution in [0.1, 0.15) is 43.5 Å². The van der Waals surface area contributed by atoms with Crippen LogP contribution in [0.4, 0.5) is 0 Å². The van der Waals surface area contributed by atoms with Gasteiger partial charge in [-0.2, -0.15) is 0 Å². The van der Waals surface area contributed by atoms with Crippen LogP contribution in [0.3, 0.4) is 0 Å². The van der Waals surface area contributed by atoms with Crippen LogP contribution < -0.4 is 0 Å². The Morgan fingerprint density at radius 3 is 2.82 bits per heavy atom. The Kier molecular flexibility index (Phi) is 4.96. The van der Waals surface area contributed by atoms with Gasteiger partial charge in [-0.25, -0.2) is 0 Å². The number of carbonyl (C=O) groups is 1. The van der Waals surface area contributed by atoms with E-state index in [1.165, 1.54) is 16.7 Å². The summed E-state index contributed by atoms with van der Waals surface area (Å²) in [5.74, 6) is 0.392. The maximum absolute atomic E-state index is 13.1. The number of carbonyl (C=O) groups excluding carboxylic acids is 1. The number of rotatable bonds is 5. The second-order valence-electron chi connectivity index (χ2n) is 8.31. The fourth-order valence-corrected chi connectivity index (χ4v) is 5.05. The third kappa shape index (κ3) is 2.93. The topological polar surface area (TPSA) is 59.6 Å². The summed E-state index contributed by atoms with van der Waals surface area (Å²) in [6, 6.07) is 4.11. The van der Waals surface area contributed by atoms with Crippen LogP contribution in [0.15, 0.2) is 18.2 Å². The fraction of sp³-hybridized carbons (Fsp3) is 0.522. The Labute approximate surface area is 167 Å². The normalized spacial score (nSPS) is 21.5. The molecule has 1 aromatic heterocycles. The summed E-state index contributed by atoms with van der Waals surface area (Å²) in [7, 11) is 1.91. The number of aromatic hydroxyl groups is 1. The van der Waals surface area contributed by atoms with E-state index in [9.17, 15) is 9.90 Å². The van der Waals surface area contributed by atoms with E-state index in [1.807, 2.05) is 18.0 Å². The number of fused-ring (bicyclic) bond motifs is 2. The average Bonchev–Trinajstić information content (AvgIpc) is 3.02. The highest BCUT2D eigenvalue weighted by Gasteiger charge is 2.38. The number of aromatic nitrogens is 1. The maximum Gasteiger partial charge on any atom is 0.230 e. The lowest BCUT2D eigenvalue weighted by molar-refractivity contribution is -0.133. The van der Waals surface area contributed by atoms with Gasteiger partial charge in [-0.05, 0) is 55.5 Å². The van der Waals surface area contributed by atoms with Crippen LogP contribution in [0, 0.1) is 12.8 Å². The fourth-order valence-electron chi connectivity index (χ4n) is 5.05. The molecule has 2 N–H and O–H groups in total. The highest BCUT2D eigenvalue weighted by Crippen LogP contribution is 2.44. The van der Waals surface area contributed by atoms with Gasteiger partial charge >= 0.3 is 0 Å². The van der Waals surface area contributed by atoms with Gasteiger partial charge in [0.25, 0.3) is 0 Å². The molecular formula is C23H31N3O2. The molecule has 5 nitrogen and oxygen atoms in total. The first-order valence-electron chi connectivity index (χ1n) is 10.5. The average molecular weight is 382 g/mol. The standard InChI is InChI=1S/C23H31N3O2/c1-5-9-25(4)23(28)15-11-18-16-7-8-20(27)22-21(16)17(14(3)24-22)12-19(18)26(13-15)10-6-2/h7-8,11,15,19,24,27H,5-6,9-10,12-13H2,1-4H3. The molecule has 0 bridgehead atoms. The largest absolute Gasteiger partial charge is 0.506 e. The Balaban J connectivity index is 1.83. The summed E-state index contributed by atoms with van der Waals surface area (Å²) < 4.78 is 0. The van der Waals surface area contributed by atoms with E-state index >= 15 is 0 Å². The number of H-pyrrole nitrogens is 1. The first kappa shape index (κ1) is 19.1. The minimum atomic E-state index is -0.111. The van der Waals surface area contributed by atoms with Gasteiger partial charge in [0.2, 0.25) is 5.91 Å². The SMILES string of the molecule is CCCN(C)C(=O)C1C=C2c3ccc(O)c4[nH]c(C)c(c34)CC2N(CCC)C1. The molecule has 2 aromatic rings. The van der Waals surface area contributed by atoms with Gasteiger partial charge in [-0.15, -0.1) is 0 Å². The molecule has 150 valence electrons. The van der Waals surface area contributed by atoms with Crippen LogP contribution in [0.5, 0.6) is 5.75 Å². The van der Waals surface area contributed by atoms with Crippen molar-refractivity contribution in [1.29, 1.82) is 0 Å². The summed E-state index contributed by atoms with van der Waals surface area (Å²) in [6.45, 7) is 8.96. The molecule has 1 aromatic carbocycles. The van der Waals surface area contributed by atoms with Crippen LogP contribution >= 0.6 is 0 Å². The van der Waals surface area contributed by atoms with E-state index in [0.29, 0.717) is 11.8 Å². The third-order valence-electron chi connectivity index (χ3n) is 6.33. The third-order valence-corrected chi connectivity index (χ3v) is 6.33. The number of hydrogen-bond acceptors (Lipinski definition) is 3. The molecule has 0 saturated heterocycles. The number of benzene rings is 1. The number of aryl methyl sites for hydroxylation is 1. The molecule has 2 atom stereocenters. The van der Waals surface area contributed by atoms with Gasteiger partial charge in [-0.1, -0.05) is 26.0 Å². The predicted molar refractivity (Wildman–Crippen MR) is 113 cm³/mol. The molecule has 1 amide bonds. The van der Waals surface area contributed by atoms with Crippen molar-refractivity contribution in [1.82, 2.24) is 14.8 Å². The summed E-state index contributed by atoms with van der Waals surface area (Å²) in [4.78, 5) is 20.8. The molecule has 0 spiro atoms. The van der Waals surface area contributed by atoms with E-state index in [0.717, 1.165) is 55.5 Å². The van der Waals surface area contributed by atoms with Crippen molar-refractivity contribution in [2.75, 3.05) is 26.7 Å². The van der Waals surface area contributed by atoms with Crippen molar-refractivity contribution in [2.24, 2.45) is 5.92 Å². The summed E-state index contributed by atoms with van der Waals surface area (Å²) in [6.07, 6.45) is 5.18. The smallest absolute Gasteiger partial charge is 0.230 e. The Hall–Kier alpha value is -2.27. The van der Waals surface area contributed by atoms with E-state index in [1.54, 1.807) is 6.07 Å². The number of phenolic OH excluding ortho intramolecular Hbond substituents is 1. The van der Waals surface area contributed by atoms with Gasteiger partial charge < -0.3 is 15.0 Å². The van der Waals surface area contributed by atoms with Crippen molar-refractivity contribution in [3.05, 3.63) is 35.0 Å². The Bertz CT molecular complexity index is 943. The minimum Gasteiger partial charge on any atom is -0.506 e. The summed E-state index contributed by atoms with van der Waals surface area (Å²) in [5.41, 5.74) is 5.67. The van der Waals surface area contributed by atoms with Crippen molar-refractivity contribution in [3.8, 4) is 5.75 Å². The van der Waals surface area contributed by atoms with Crippen LogP contribution in [0.25, 0.3) is 16.5 Å². The molecule has 2 aliphatic rings. The highest BCUT2D eigenvalue weighted by atomic mass is 16.3. The molecule has 2 heterocycles. The molecule has 1 aliphatic carbocycles. The number of aromatic amines is 1. The molecule has 5 heteroatoms. The molecule has 1 aliphatic heterocycles. The van der Waals surface area contributed by atoms with Gasteiger partial charge in [0.15, 0.2) is 0 Å². The minimum absolute atomic E-state index is 0.111. The first-order valence-corrected chi connectivity index (χ1v) is 10.5. The lowest BCUT2D eigenvalue weighted by atomic mass is 9.78. The van der Waals surface area contributed by atoms with Gasteiger partial charge in [-0.3, -0.25) is 9.69 Å². The van der Waals surface area contributed by atoms with E-state index < -0.39 is 0 Å². The molecule has 2 unspecified atom stereocenters. The van der Waals surface area contributed by atoms with Gasteiger partial charge in [0, 0.05) is 37.3 Å². The van der Waals surface area contributed by atoms with Crippen molar-refractivity contribution in [2.45, 2.75) is 46.1 Å². The molecule has 0 saturated carbocycles. The molecule has 28 heavy (non-hydrogen) atoms. The number of phenols is 1. The van der Waals surface area contributed by atoms with Crippen LogP contribution in [-0.4, -0.2) is 58.5 Å². The van der Waals surface area contributed by atoms with E-state index in [-0.39, 0.29) is 11.8 Å². The second kappa shape index (κ2) is 7.28. The van der Waals surface area contributed by atoms with Crippen molar-refractivity contribution in [3.63, 3.8) is 0 Å². The maximum atomic E-state index is 13.1. The van der Waals surface area contributed by atoms with E-state index in [4.69, 9.17) is 0 Å². The number of nitrogens with one attached hydrogen (secondary N) is 1. The zero-order valence-corrected chi connectivity index (χ0v) is 17.4. The first-order chi connectivity index (χ1) is 13.5. The monoisotopic (exact) mass is 381 g/mol. The lowest BCUT2D eigenvalue weighted by Crippen LogP contribution is -2.49. The molecular weight excluding hydrogens is 350 g/mol. The van der Waals surface area contributed by atoms with Gasteiger partial charge in [0.05, 0.1) is 11.4 Å². The Morgan fingerprint density at radius 2 is 2.11 bits per heavy atom. The Morgan fingerprint density at radius 1 is 1.32 bits per heavy atom. The second-order valence-corrected chi connectivity index (χ2v) is 8.31. The van der Waals surface area contributed by atoms with Crippen LogP contribution in [0.2, 0.25) is 0 Å². The van der Waals surface area contributed by atoms with Crippen LogP contribution in [-0.2, 0) is 11.2 Å². The molecule has 4 rings (SSSR count). The quantitative estimate of drug-likeness (QED) is 0.830. The lowest BCUT2D eigenvalue weighted by Gasteiger charge is -2.42. The number of nitrogens with zero attached hydrogens (tertiary/aromatic N) is 2.